The van der Waals surface area contributed by atoms with Gasteiger partial charge in [0.2, 0.25) is 0 Å². The van der Waals surface area contributed by atoms with Gasteiger partial charge in [-0.25, -0.2) is 4.98 Å². The van der Waals surface area contributed by atoms with E-state index in [1.165, 1.54) is 0 Å². The number of nitrogens with zero attached hydrogens (tertiary/aromatic N) is 2. The van der Waals surface area contributed by atoms with E-state index in [1.807, 2.05) is 24.3 Å². The van der Waals surface area contributed by atoms with Crippen LogP contribution < -0.4 is 11.1 Å². The highest BCUT2D eigenvalue weighted by Gasteiger charge is 1.98. The van der Waals surface area contributed by atoms with Crippen molar-refractivity contribution in [3.8, 4) is 0 Å². The molecule has 1 heterocycles. The molecule has 0 aliphatic rings. The molecule has 18 heavy (non-hydrogen) atoms. The summed E-state index contributed by atoms with van der Waals surface area (Å²) in [5.41, 5.74) is 7.14. The number of benzene rings is 1. The molecular formula is C13H18N4O. The number of ether oxygens (including phenoxy) is 1. The highest BCUT2D eigenvalue weighted by atomic mass is 16.5. The number of nitrogens with one attached hydrogen (secondary N) is 1. The monoisotopic (exact) mass is 246 g/mol. The molecule has 0 amide bonds. The first-order valence-electron chi connectivity index (χ1n) is 6.13. The van der Waals surface area contributed by atoms with Gasteiger partial charge in [0.15, 0.2) is 0 Å². The van der Waals surface area contributed by atoms with Crippen LogP contribution in [0.2, 0.25) is 0 Å². The largest absolute Gasteiger partial charge is 0.380 e. The number of fused-ring (bicyclic) bond motifs is 1. The molecule has 0 aliphatic carbocycles. The maximum absolute atomic E-state index is 5.33. The Labute approximate surface area is 106 Å². The molecule has 2 aromatic rings. The van der Waals surface area contributed by atoms with Crippen molar-refractivity contribution < 1.29 is 4.74 Å². The zero-order valence-electron chi connectivity index (χ0n) is 10.3. The van der Waals surface area contributed by atoms with Crippen molar-refractivity contribution in [2.24, 2.45) is 5.73 Å². The van der Waals surface area contributed by atoms with E-state index >= 15 is 0 Å². The predicted molar refractivity (Wildman–Crippen MR) is 72.5 cm³/mol. The molecule has 0 radical (unpaired) electrons. The number of para-hydroxylation sites is 2. The lowest BCUT2D eigenvalue weighted by Gasteiger charge is -2.06. The minimum absolute atomic E-state index is 0.573. The summed E-state index contributed by atoms with van der Waals surface area (Å²) in [5.74, 6) is 0.799. The van der Waals surface area contributed by atoms with Gasteiger partial charge in [0.05, 0.1) is 23.8 Å². The Kier molecular flexibility index (Phi) is 4.87. The summed E-state index contributed by atoms with van der Waals surface area (Å²) in [5, 5.41) is 3.23. The van der Waals surface area contributed by atoms with Gasteiger partial charge in [0.25, 0.3) is 0 Å². The van der Waals surface area contributed by atoms with Crippen molar-refractivity contribution in [1.82, 2.24) is 9.97 Å². The molecule has 5 nitrogen and oxygen atoms in total. The van der Waals surface area contributed by atoms with Crippen molar-refractivity contribution >= 4 is 16.9 Å². The van der Waals surface area contributed by atoms with Crippen molar-refractivity contribution in [3.63, 3.8) is 0 Å². The molecule has 1 aromatic carbocycles. The van der Waals surface area contributed by atoms with E-state index in [0.717, 1.165) is 29.8 Å². The standard InChI is InChI=1S/C13H18N4O/c14-6-9-18-8-3-7-15-13-10-16-11-4-1-2-5-12(11)17-13/h1-2,4-5,10H,3,6-9,14H2,(H,15,17). The molecule has 96 valence electrons. The maximum atomic E-state index is 5.33. The van der Waals surface area contributed by atoms with Crippen LogP contribution in [0.15, 0.2) is 30.5 Å². The average Bonchev–Trinajstić information content (AvgIpc) is 2.42. The molecule has 1 aromatic heterocycles. The Morgan fingerprint density at radius 3 is 2.83 bits per heavy atom. The molecule has 2 rings (SSSR count). The summed E-state index contributed by atoms with van der Waals surface area (Å²) in [6.45, 7) is 2.72. The summed E-state index contributed by atoms with van der Waals surface area (Å²) < 4.78 is 5.29. The van der Waals surface area contributed by atoms with Gasteiger partial charge in [-0.15, -0.1) is 0 Å². The van der Waals surface area contributed by atoms with Crippen LogP contribution in [-0.4, -0.2) is 36.3 Å². The SMILES string of the molecule is NCCOCCCNc1cnc2ccccc2n1. The third-order valence-corrected chi connectivity index (χ3v) is 2.48. The fraction of sp³-hybridized carbons (Fsp3) is 0.385. The Morgan fingerprint density at radius 2 is 2.00 bits per heavy atom. The maximum Gasteiger partial charge on any atom is 0.145 e. The van der Waals surface area contributed by atoms with Crippen molar-refractivity contribution in [2.45, 2.75) is 6.42 Å². The number of aromatic nitrogens is 2. The zero-order valence-corrected chi connectivity index (χ0v) is 10.3. The van der Waals surface area contributed by atoms with Gasteiger partial charge >= 0.3 is 0 Å². The highest BCUT2D eigenvalue weighted by molar-refractivity contribution is 5.75. The third-order valence-electron chi connectivity index (χ3n) is 2.48. The van der Waals surface area contributed by atoms with E-state index < -0.39 is 0 Å². The molecular weight excluding hydrogens is 228 g/mol. The van der Waals surface area contributed by atoms with E-state index in [1.54, 1.807) is 6.20 Å². The fourth-order valence-corrected chi connectivity index (χ4v) is 1.62. The second-order valence-corrected chi connectivity index (χ2v) is 3.93. The second kappa shape index (κ2) is 6.88. The van der Waals surface area contributed by atoms with Gasteiger partial charge in [0, 0.05) is 19.7 Å². The van der Waals surface area contributed by atoms with Gasteiger partial charge in [0.1, 0.15) is 5.82 Å². The number of anilines is 1. The first-order chi connectivity index (χ1) is 8.90. The molecule has 0 aliphatic heterocycles. The summed E-state index contributed by atoms with van der Waals surface area (Å²) in [4.78, 5) is 8.81. The van der Waals surface area contributed by atoms with Crippen LogP contribution in [0.1, 0.15) is 6.42 Å². The van der Waals surface area contributed by atoms with E-state index in [2.05, 4.69) is 15.3 Å². The quantitative estimate of drug-likeness (QED) is 0.723. The van der Waals surface area contributed by atoms with Gasteiger partial charge < -0.3 is 15.8 Å². The van der Waals surface area contributed by atoms with Crippen LogP contribution in [-0.2, 0) is 4.74 Å². The molecule has 0 bridgehead atoms. The van der Waals surface area contributed by atoms with E-state index in [-0.39, 0.29) is 0 Å². The Hall–Kier alpha value is -1.72. The Balaban J connectivity index is 1.81. The Morgan fingerprint density at radius 1 is 1.17 bits per heavy atom. The van der Waals surface area contributed by atoms with Crippen LogP contribution in [0, 0.1) is 0 Å². The molecule has 0 atom stereocenters. The van der Waals surface area contributed by atoms with Crippen LogP contribution in [0.5, 0.6) is 0 Å². The van der Waals surface area contributed by atoms with Gasteiger partial charge in [-0.05, 0) is 18.6 Å². The van der Waals surface area contributed by atoms with Gasteiger partial charge in [-0.1, -0.05) is 12.1 Å². The summed E-state index contributed by atoms with van der Waals surface area (Å²) in [7, 11) is 0. The molecule has 0 unspecified atom stereocenters. The molecule has 0 fully saturated rings. The lowest BCUT2D eigenvalue weighted by Crippen LogP contribution is -2.11. The zero-order chi connectivity index (χ0) is 12.6. The first-order valence-corrected chi connectivity index (χ1v) is 6.13. The topological polar surface area (TPSA) is 73.1 Å². The molecule has 0 saturated carbocycles. The minimum atomic E-state index is 0.573. The summed E-state index contributed by atoms with van der Waals surface area (Å²) in [6.07, 6.45) is 2.68. The van der Waals surface area contributed by atoms with Crippen molar-refractivity contribution in [1.29, 1.82) is 0 Å². The van der Waals surface area contributed by atoms with Crippen LogP contribution in [0.4, 0.5) is 5.82 Å². The lowest BCUT2D eigenvalue weighted by atomic mass is 10.3. The fourth-order valence-electron chi connectivity index (χ4n) is 1.62. The molecule has 3 N–H and O–H groups in total. The molecule has 0 spiro atoms. The average molecular weight is 246 g/mol. The van der Waals surface area contributed by atoms with E-state index in [4.69, 9.17) is 10.5 Å². The number of rotatable bonds is 7. The van der Waals surface area contributed by atoms with Crippen LogP contribution in [0.3, 0.4) is 0 Å². The Bertz CT molecular complexity index is 489. The summed E-state index contributed by atoms with van der Waals surface area (Å²) in [6, 6.07) is 7.82. The van der Waals surface area contributed by atoms with Gasteiger partial charge in [-0.2, -0.15) is 0 Å². The number of nitrogens with two attached hydrogens (primary N) is 1. The van der Waals surface area contributed by atoms with E-state index in [9.17, 15) is 0 Å². The van der Waals surface area contributed by atoms with Crippen LogP contribution in [0.25, 0.3) is 11.0 Å². The van der Waals surface area contributed by atoms with Crippen molar-refractivity contribution in [3.05, 3.63) is 30.5 Å². The van der Waals surface area contributed by atoms with E-state index in [0.29, 0.717) is 19.8 Å². The minimum Gasteiger partial charge on any atom is -0.380 e. The number of hydrogen-bond donors (Lipinski definition) is 2. The van der Waals surface area contributed by atoms with Gasteiger partial charge in [-0.3, -0.25) is 4.98 Å². The highest BCUT2D eigenvalue weighted by Crippen LogP contribution is 2.10. The molecule has 5 heteroatoms. The smallest absolute Gasteiger partial charge is 0.145 e. The first kappa shape index (κ1) is 12.7. The second-order valence-electron chi connectivity index (χ2n) is 3.93. The normalized spacial score (nSPS) is 10.7. The van der Waals surface area contributed by atoms with Crippen LogP contribution >= 0.6 is 0 Å². The van der Waals surface area contributed by atoms with Crippen molar-refractivity contribution in [2.75, 3.05) is 31.6 Å². The third kappa shape index (κ3) is 3.65. The predicted octanol–water partition coefficient (Wildman–Crippen LogP) is 1.41. The molecule has 0 saturated heterocycles. The summed E-state index contributed by atoms with van der Waals surface area (Å²) >= 11 is 0. The number of hydrogen-bond acceptors (Lipinski definition) is 5. The lowest BCUT2D eigenvalue weighted by molar-refractivity contribution is 0.141.